The third-order valence-corrected chi connectivity index (χ3v) is 3.35. The van der Waals surface area contributed by atoms with Crippen molar-refractivity contribution in [2.45, 2.75) is 31.7 Å². The van der Waals surface area contributed by atoms with Crippen molar-refractivity contribution in [3.8, 4) is 6.26 Å². The number of nitrogens with zero attached hydrogens (tertiary/aromatic N) is 3. The summed E-state index contributed by atoms with van der Waals surface area (Å²) in [5.74, 6) is 0.368. The van der Waals surface area contributed by atoms with Crippen LogP contribution in [0.1, 0.15) is 31.4 Å². The van der Waals surface area contributed by atoms with Crippen molar-refractivity contribution >= 4 is 6.09 Å². The fourth-order valence-corrected chi connectivity index (χ4v) is 2.43. The van der Waals surface area contributed by atoms with Crippen LogP contribution < -0.4 is 0 Å². The Labute approximate surface area is 106 Å². The Balaban J connectivity index is 2.01. The maximum Gasteiger partial charge on any atom is 0.425 e. The highest BCUT2D eigenvalue weighted by Gasteiger charge is 2.31. The van der Waals surface area contributed by atoms with Crippen LogP contribution in [0.15, 0.2) is 24.4 Å². The summed E-state index contributed by atoms with van der Waals surface area (Å²) in [6.07, 6.45) is 4.36. The van der Waals surface area contributed by atoms with E-state index in [0.717, 1.165) is 18.5 Å². The van der Waals surface area contributed by atoms with Gasteiger partial charge in [0, 0.05) is 30.4 Å². The number of ether oxygens (including phenoxy) is 1. The van der Waals surface area contributed by atoms with Crippen molar-refractivity contribution in [2.75, 3.05) is 6.54 Å². The number of rotatable bonds is 1. The molecule has 1 aliphatic heterocycles. The van der Waals surface area contributed by atoms with E-state index in [1.54, 1.807) is 11.1 Å². The van der Waals surface area contributed by atoms with Crippen LogP contribution in [0.3, 0.4) is 0 Å². The molecule has 5 nitrogen and oxygen atoms in total. The molecule has 1 aliphatic rings. The molecular weight excluding hydrogens is 230 g/mol. The second kappa shape index (κ2) is 5.50. The number of piperidine rings is 1. The third kappa shape index (κ3) is 2.59. The van der Waals surface area contributed by atoms with E-state index in [1.807, 2.05) is 25.1 Å². The van der Waals surface area contributed by atoms with Gasteiger partial charge in [0.25, 0.3) is 6.26 Å². The molecule has 0 bridgehead atoms. The van der Waals surface area contributed by atoms with Crippen LogP contribution in [-0.4, -0.2) is 28.6 Å². The standard InChI is InChI=1S/C13H15N3O2/c1-10-8-11(12-4-2-3-6-15-12)5-7-16(10)13(17)18-9-14/h2-4,6,10-11H,5,7-8H2,1H3. The number of nitriles is 1. The van der Waals surface area contributed by atoms with E-state index in [0.29, 0.717) is 12.5 Å². The third-order valence-electron chi connectivity index (χ3n) is 3.35. The highest BCUT2D eigenvalue weighted by Crippen LogP contribution is 2.30. The summed E-state index contributed by atoms with van der Waals surface area (Å²) in [7, 11) is 0. The number of likely N-dealkylation sites (tertiary alicyclic amines) is 1. The lowest BCUT2D eigenvalue weighted by Crippen LogP contribution is -2.44. The Morgan fingerprint density at radius 3 is 3.06 bits per heavy atom. The van der Waals surface area contributed by atoms with Gasteiger partial charge in [0.05, 0.1) is 0 Å². The summed E-state index contributed by atoms with van der Waals surface area (Å²) in [5, 5.41) is 8.35. The molecule has 0 saturated carbocycles. The van der Waals surface area contributed by atoms with Gasteiger partial charge >= 0.3 is 6.09 Å². The molecule has 2 unspecified atom stereocenters. The van der Waals surface area contributed by atoms with Gasteiger partial charge in [0.2, 0.25) is 0 Å². The van der Waals surface area contributed by atoms with Crippen molar-refractivity contribution in [2.24, 2.45) is 0 Å². The molecule has 0 radical (unpaired) electrons. The molecule has 18 heavy (non-hydrogen) atoms. The maximum absolute atomic E-state index is 11.5. The van der Waals surface area contributed by atoms with Crippen LogP contribution in [0.5, 0.6) is 0 Å². The summed E-state index contributed by atoms with van der Waals surface area (Å²) in [5.41, 5.74) is 1.07. The van der Waals surface area contributed by atoms with Crippen molar-refractivity contribution in [1.29, 1.82) is 5.26 Å². The minimum Gasteiger partial charge on any atom is -0.333 e. The van der Waals surface area contributed by atoms with E-state index in [2.05, 4.69) is 9.72 Å². The SMILES string of the molecule is CC1CC(c2ccccn2)CCN1C(=O)OC#N. The monoisotopic (exact) mass is 245 g/mol. The van der Waals surface area contributed by atoms with Gasteiger partial charge in [-0.25, -0.2) is 4.79 Å². The van der Waals surface area contributed by atoms with Crippen molar-refractivity contribution < 1.29 is 9.53 Å². The van der Waals surface area contributed by atoms with E-state index in [9.17, 15) is 4.79 Å². The average Bonchev–Trinajstić information content (AvgIpc) is 2.40. The normalized spacial score (nSPS) is 23.2. The zero-order valence-electron chi connectivity index (χ0n) is 10.2. The first-order valence-corrected chi connectivity index (χ1v) is 6.00. The largest absolute Gasteiger partial charge is 0.425 e. The molecule has 2 atom stereocenters. The summed E-state index contributed by atoms with van der Waals surface area (Å²) in [6, 6.07) is 5.95. The lowest BCUT2D eigenvalue weighted by Gasteiger charge is -2.35. The summed E-state index contributed by atoms with van der Waals surface area (Å²) >= 11 is 0. The molecule has 0 N–H and O–H groups in total. The van der Waals surface area contributed by atoms with Crippen LogP contribution in [0.2, 0.25) is 0 Å². The fourth-order valence-electron chi connectivity index (χ4n) is 2.43. The van der Waals surface area contributed by atoms with Crippen LogP contribution in [0.4, 0.5) is 4.79 Å². The molecule has 1 amide bonds. The van der Waals surface area contributed by atoms with Crippen molar-refractivity contribution in [3.05, 3.63) is 30.1 Å². The van der Waals surface area contributed by atoms with Gasteiger partial charge in [-0.15, -0.1) is 5.26 Å². The first kappa shape index (κ1) is 12.4. The number of carbonyl (C=O) groups is 1. The van der Waals surface area contributed by atoms with E-state index < -0.39 is 6.09 Å². The number of amides is 1. The van der Waals surface area contributed by atoms with Crippen molar-refractivity contribution in [1.82, 2.24) is 9.88 Å². The number of aromatic nitrogens is 1. The Hall–Kier alpha value is -2.09. The molecule has 1 fully saturated rings. The van der Waals surface area contributed by atoms with Gasteiger partial charge in [-0.05, 0) is 31.9 Å². The summed E-state index contributed by atoms with van der Waals surface area (Å²) in [6.45, 7) is 2.57. The Bertz CT molecular complexity index is 455. The first-order chi connectivity index (χ1) is 8.72. The zero-order valence-corrected chi connectivity index (χ0v) is 10.2. The molecule has 2 rings (SSSR count). The van der Waals surface area contributed by atoms with Gasteiger partial charge in [-0.1, -0.05) is 6.07 Å². The average molecular weight is 245 g/mol. The van der Waals surface area contributed by atoms with Gasteiger partial charge in [0.15, 0.2) is 0 Å². The smallest absolute Gasteiger partial charge is 0.333 e. The number of hydrogen-bond acceptors (Lipinski definition) is 4. The molecule has 1 aromatic rings. The fraction of sp³-hybridized carbons (Fsp3) is 0.462. The highest BCUT2D eigenvalue weighted by molar-refractivity contribution is 5.69. The molecule has 2 heterocycles. The van der Waals surface area contributed by atoms with Gasteiger partial charge in [0.1, 0.15) is 0 Å². The number of hydrogen-bond donors (Lipinski definition) is 0. The second-order valence-corrected chi connectivity index (χ2v) is 4.48. The molecule has 0 aliphatic carbocycles. The maximum atomic E-state index is 11.5. The molecule has 5 heteroatoms. The second-order valence-electron chi connectivity index (χ2n) is 4.48. The first-order valence-electron chi connectivity index (χ1n) is 6.00. The Kier molecular flexibility index (Phi) is 3.78. The van der Waals surface area contributed by atoms with Crippen LogP contribution in [0, 0.1) is 11.5 Å². The van der Waals surface area contributed by atoms with E-state index in [-0.39, 0.29) is 6.04 Å². The quantitative estimate of drug-likeness (QED) is 0.712. The highest BCUT2D eigenvalue weighted by atomic mass is 16.5. The molecule has 0 aromatic carbocycles. The zero-order chi connectivity index (χ0) is 13.0. The minimum atomic E-state index is -0.551. The van der Waals surface area contributed by atoms with Crippen LogP contribution in [0.25, 0.3) is 0 Å². The Morgan fingerprint density at radius 2 is 2.44 bits per heavy atom. The summed E-state index contributed by atoms with van der Waals surface area (Å²) in [4.78, 5) is 17.5. The summed E-state index contributed by atoms with van der Waals surface area (Å²) < 4.78 is 4.37. The number of carbonyl (C=O) groups excluding carboxylic acids is 1. The number of pyridine rings is 1. The molecule has 94 valence electrons. The molecule has 0 spiro atoms. The Morgan fingerprint density at radius 1 is 1.61 bits per heavy atom. The molecule has 1 saturated heterocycles. The van der Waals surface area contributed by atoms with E-state index in [4.69, 9.17) is 5.26 Å². The van der Waals surface area contributed by atoms with Crippen LogP contribution in [-0.2, 0) is 4.74 Å². The van der Waals surface area contributed by atoms with E-state index in [1.165, 1.54) is 6.26 Å². The molecular formula is C13H15N3O2. The van der Waals surface area contributed by atoms with Crippen molar-refractivity contribution in [3.63, 3.8) is 0 Å². The van der Waals surface area contributed by atoms with Gasteiger partial charge in [-0.3, -0.25) is 4.98 Å². The lowest BCUT2D eigenvalue weighted by molar-refractivity contribution is 0.104. The molecule has 1 aromatic heterocycles. The van der Waals surface area contributed by atoms with E-state index >= 15 is 0 Å². The minimum absolute atomic E-state index is 0.0617. The van der Waals surface area contributed by atoms with Crippen LogP contribution >= 0.6 is 0 Å². The van der Waals surface area contributed by atoms with Gasteiger partial charge < -0.3 is 9.64 Å². The predicted molar refractivity (Wildman–Crippen MR) is 64.5 cm³/mol. The topological polar surface area (TPSA) is 66.2 Å². The predicted octanol–water partition coefficient (Wildman–Crippen LogP) is 2.27. The van der Waals surface area contributed by atoms with Gasteiger partial charge in [-0.2, -0.15) is 0 Å². The lowest BCUT2D eigenvalue weighted by atomic mass is 9.89.